The molecule has 0 spiro atoms. The van der Waals surface area contributed by atoms with Crippen molar-refractivity contribution in [3.05, 3.63) is 122 Å². The van der Waals surface area contributed by atoms with Gasteiger partial charge in [-0.15, -0.1) is 0 Å². The molecule has 0 N–H and O–H groups in total. The van der Waals surface area contributed by atoms with Gasteiger partial charge < -0.3 is 0 Å². The third kappa shape index (κ3) is 3.28. The summed E-state index contributed by atoms with van der Waals surface area (Å²) in [4.78, 5) is 10.4. The second kappa shape index (κ2) is 8.23. The third-order valence-corrected chi connectivity index (χ3v) is 7.75. The van der Waals surface area contributed by atoms with Crippen LogP contribution in [0.25, 0.3) is 54.2 Å². The van der Waals surface area contributed by atoms with Crippen LogP contribution < -0.4 is 0 Å². The second-order valence-corrected chi connectivity index (χ2v) is 9.66. The monoisotopic (exact) mass is 464 g/mol. The molecule has 164 valence electrons. The maximum Gasteiger partial charge on any atom is 0.101 e. The Kier molecular flexibility index (Phi) is 4.74. The number of pyridine rings is 2. The molecule has 0 saturated heterocycles. The van der Waals surface area contributed by atoms with E-state index >= 15 is 0 Å². The van der Waals surface area contributed by atoms with Crippen LogP contribution in [0.1, 0.15) is 0 Å². The Morgan fingerprint density at radius 1 is 0.514 bits per heavy atom. The van der Waals surface area contributed by atoms with Crippen molar-refractivity contribution in [2.75, 3.05) is 0 Å². The molecule has 0 aliphatic rings. The van der Waals surface area contributed by atoms with Crippen LogP contribution in [0.15, 0.2) is 132 Å². The quantitative estimate of drug-likeness (QED) is 0.193. The topological polar surface area (TPSA) is 25.8 Å². The van der Waals surface area contributed by atoms with Crippen molar-refractivity contribution in [3.8, 4) is 11.1 Å². The van der Waals surface area contributed by atoms with Crippen LogP contribution in [0.3, 0.4) is 0 Å². The fourth-order valence-electron chi connectivity index (χ4n) is 5.15. The first-order valence-corrected chi connectivity index (χ1v) is 12.5. The highest BCUT2D eigenvalue weighted by Crippen LogP contribution is 2.46. The smallest absolute Gasteiger partial charge is 0.101 e. The SMILES string of the molecule is c1ccc(Sc2c3ccccc3c(-c3cc4ccccc4c4ccccc34)c3cnccc23)nc1. The van der Waals surface area contributed by atoms with Gasteiger partial charge in [-0.05, 0) is 73.1 Å². The summed E-state index contributed by atoms with van der Waals surface area (Å²) < 4.78 is 0. The van der Waals surface area contributed by atoms with Crippen LogP contribution >= 0.6 is 11.8 Å². The first kappa shape index (κ1) is 20.2. The molecule has 0 atom stereocenters. The molecule has 35 heavy (non-hydrogen) atoms. The van der Waals surface area contributed by atoms with E-state index in [2.05, 4.69) is 101 Å². The Morgan fingerprint density at radius 2 is 1.20 bits per heavy atom. The number of rotatable bonds is 3. The summed E-state index contributed by atoms with van der Waals surface area (Å²) in [5.74, 6) is 0. The lowest BCUT2D eigenvalue weighted by atomic mass is 9.88. The lowest BCUT2D eigenvalue weighted by molar-refractivity contribution is 1.13. The summed E-state index contributed by atoms with van der Waals surface area (Å²) >= 11 is 1.72. The van der Waals surface area contributed by atoms with E-state index in [-0.39, 0.29) is 0 Å². The standard InChI is InChI=1S/C32H20N2S/c1-2-10-22-21(9-1)19-28(24-12-4-3-11-23(22)24)31-25-13-5-6-14-26(25)32(27-16-18-33-20-29(27)31)35-30-15-7-8-17-34-30/h1-20H. The van der Waals surface area contributed by atoms with E-state index < -0.39 is 0 Å². The fourth-order valence-corrected chi connectivity index (χ4v) is 6.20. The normalized spacial score (nSPS) is 11.5. The Hall–Kier alpha value is -4.21. The number of hydrogen-bond donors (Lipinski definition) is 0. The Morgan fingerprint density at radius 3 is 2.03 bits per heavy atom. The molecule has 0 unspecified atom stereocenters. The zero-order valence-corrected chi connectivity index (χ0v) is 19.7. The highest BCUT2D eigenvalue weighted by atomic mass is 32.2. The molecule has 5 aromatic carbocycles. The molecule has 7 rings (SSSR count). The van der Waals surface area contributed by atoms with Crippen LogP contribution in [0.5, 0.6) is 0 Å². The zero-order chi connectivity index (χ0) is 23.2. The minimum Gasteiger partial charge on any atom is -0.264 e. The van der Waals surface area contributed by atoms with Crippen molar-refractivity contribution in [3.63, 3.8) is 0 Å². The van der Waals surface area contributed by atoms with Crippen molar-refractivity contribution in [1.29, 1.82) is 0 Å². The van der Waals surface area contributed by atoms with E-state index in [1.165, 1.54) is 53.7 Å². The van der Waals surface area contributed by atoms with Gasteiger partial charge in [0.15, 0.2) is 0 Å². The summed E-state index contributed by atoms with van der Waals surface area (Å²) in [7, 11) is 0. The molecule has 2 aromatic heterocycles. The predicted octanol–water partition coefficient (Wildman–Crippen LogP) is 8.91. The number of aromatic nitrogens is 2. The van der Waals surface area contributed by atoms with E-state index in [1.54, 1.807) is 11.8 Å². The average Bonchev–Trinajstić information content (AvgIpc) is 2.93. The molecular formula is C32H20N2S. The lowest BCUT2D eigenvalue weighted by Gasteiger charge is -2.18. The number of nitrogens with zero attached hydrogens (tertiary/aromatic N) is 2. The van der Waals surface area contributed by atoms with Gasteiger partial charge in [0.1, 0.15) is 5.03 Å². The number of fused-ring (bicyclic) bond motifs is 5. The third-order valence-electron chi connectivity index (χ3n) is 6.66. The van der Waals surface area contributed by atoms with E-state index in [4.69, 9.17) is 0 Å². The number of benzene rings is 5. The van der Waals surface area contributed by atoms with Crippen LogP contribution in [-0.2, 0) is 0 Å². The van der Waals surface area contributed by atoms with Crippen molar-refractivity contribution in [1.82, 2.24) is 9.97 Å². The summed E-state index contributed by atoms with van der Waals surface area (Å²) in [6.45, 7) is 0. The first-order valence-electron chi connectivity index (χ1n) is 11.7. The maximum atomic E-state index is 4.59. The Balaban J connectivity index is 1.64. The van der Waals surface area contributed by atoms with Gasteiger partial charge in [0.25, 0.3) is 0 Å². The molecule has 2 nitrogen and oxygen atoms in total. The minimum atomic E-state index is 0.986. The van der Waals surface area contributed by atoms with Gasteiger partial charge in [0, 0.05) is 28.9 Å². The van der Waals surface area contributed by atoms with Crippen molar-refractivity contribution in [2.24, 2.45) is 0 Å². The van der Waals surface area contributed by atoms with E-state index in [0.717, 1.165) is 10.4 Å². The largest absolute Gasteiger partial charge is 0.264 e. The minimum absolute atomic E-state index is 0.986. The van der Waals surface area contributed by atoms with Gasteiger partial charge in [-0.3, -0.25) is 4.98 Å². The van der Waals surface area contributed by atoms with Crippen LogP contribution in [0, 0.1) is 0 Å². The molecule has 3 heteroatoms. The fraction of sp³-hybridized carbons (Fsp3) is 0. The highest BCUT2D eigenvalue weighted by Gasteiger charge is 2.19. The average molecular weight is 465 g/mol. The van der Waals surface area contributed by atoms with Crippen LogP contribution in [0.2, 0.25) is 0 Å². The zero-order valence-electron chi connectivity index (χ0n) is 18.8. The van der Waals surface area contributed by atoms with E-state index in [1.807, 2.05) is 30.7 Å². The van der Waals surface area contributed by atoms with Gasteiger partial charge in [-0.1, -0.05) is 90.6 Å². The van der Waals surface area contributed by atoms with Gasteiger partial charge >= 0.3 is 0 Å². The van der Waals surface area contributed by atoms with Crippen molar-refractivity contribution in [2.45, 2.75) is 9.92 Å². The predicted molar refractivity (Wildman–Crippen MR) is 148 cm³/mol. The van der Waals surface area contributed by atoms with Crippen LogP contribution in [0.4, 0.5) is 0 Å². The van der Waals surface area contributed by atoms with E-state index in [9.17, 15) is 0 Å². The lowest BCUT2D eigenvalue weighted by Crippen LogP contribution is -1.92. The molecule has 7 aromatic rings. The van der Waals surface area contributed by atoms with Gasteiger partial charge in [-0.25, -0.2) is 4.98 Å². The molecule has 0 fully saturated rings. The van der Waals surface area contributed by atoms with Crippen molar-refractivity contribution < 1.29 is 0 Å². The van der Waals surface area contributed by atoms with Gasteiger partial charge in [-0.2, -0.15) is 0 Å². The molecule has 0 aliphatic carbocycles. The molecule has 0 radical (unpaired) electrons. The Labute approximate surface area is 207 Å². The summed E-state index contributed by atoms with van der Waals surface area (Å²) in [5.41, 5.74) is 2.47. The molecule has 2 heterocycles. The van der Waals surface area contributed by atoms with Crippen LogP contribution in [-0.4, -0.2) is 9.97 Å². The first-order chi connectivity index (χ1) is 17.4. The van der Waals surface area contributed by atoms with E-state index in [0.29, 0.717) is 0 Å². The summed E-state index contributed by atoms with van der Waals surface area (Å²) in [6, 6.07) is 36.7. The molecule has 0 aliphatic heterocycles. The molecule has 0 saturated carbocycles. The maximum absolute atomic E-state index is 4.59. The summed E-state index contributed by atoms with van der Waals surface area (Å²) in [5, 5.41) is 10.8. The summed E-state index contributed by atoms with van der Waals surface area (Å²) in [6.07, 6.45) is 5.76. The van der Waals surface area contributed by atoms with Crippen molar-refractivity contribution >= 4 is 54.9 Å². The molecular weight excluding hydrogens is 444 g/mol. The van der Waals surface area contributed by atoms with Gasteiger partial charge in [0.05, 0.1) is 0 Å². The second-order valence-electron chi connectivity index (χ2n) is 8.63. The number of hydrogen-bond acceptors (Lipinski definition) is 3. The molecule has 0 amide bonds. The highest BCUT2D eigenvalue weighted by molar-refractivity contribution is 7.99. The van der Waals surface area contributed by atoms with Gasteiger partial charge in [0.2, 0.25) is 0 Å². The molecule has 0 bridgehead atoms. The Bertz CT molecular complexity index is 1820.